The lowest BCUT2D eigenvalue weighted by Gasteiger charge is -2.11. The summed E-state index contributed by atoms with van der Waals surface area (Å²) in [6.07, 6.45) is 4.37. The molecule has 0 unspecified atom stereocenters. The van der Waals surface area contributed by atoms with Crippen molar-refractivity contribution in [2.75, 3.05) is 19.6 Å². The molecule has 4 nitrogen and oxygen atoms in total. The van der Waals surface area contributed by atoms with E-state index in [4.69, 9.17) is 0 Å². The highest BCUT2D eigenvalue weighted by molar-refractivity contribution is 14.0. The highest BCUT2D eigenvalue weighted by atomic mass is 127. The van der Waals surface area contributed by atoms with Gasteiger partial charge in [-0.1, -0.05) is 20.8 Å². The number of aromatic nitrogens is 1. The third kappa shape index (κ3) is 9.61. The molecule has 0 aliphatic carbocycles. The molecule has 1 rings (SSSR count). The summed E-state index contributed by atoms with van der Waals surface area (Å²) in [5, 5.41) is 10.1. The van der Waals surface area contributed by atoms with E-state index in [1.807, 2.05) is 0 Å². The Balaban J connectivity index is 0.00000441. The maximum atomic E-state index is 4.61. The quantitative estimate of drug-likeness (QED) is 0.267. The van der Waals surface area contributed by atoms with Gasteiger partial charge in [0, 0.05) is 31.4 Å². The summed E-state index contributed by atoms with van der Waals surface area (Å²) in [6.45, 7) is 11.4. The van der Waals surface area contributed by atoms with Gasteiger partial charge in [-0.15, -0.1) is 35.3 Å². The number of rotatable bonds is 9. The lowest BCUT2D eigenvalue weighted by molar-refractivity contribution is 0.560. The van der Waals surface area contributed by atoms with Crippen LogP contribution in [0.3, 0.4) is 0 Å². The molecule has 0 saturated heterocycles. The third-order valence-electron chi connectivity index (χ3n) is 3.13. The van der Waals surface area contributed by atoms with Gasteiger partial charge in [0.1, 0.15) is 0 Å². The normalized spacial score (nSPS) is 11.4. The number of aryl methyl sites for hydroxylation is 1. The van der Waals surface area contributed by atoms with Gasteiger partial charge in [-0.2, -0.15) is 0 Å². The van der Waals surface area contributed by atoms with E-state index in [2.05, 4.69) is 53.7 Å². The Bertz CT molecular complexity index is 418. The molecule has 1 aromatic heterocycles. The van der Waals surface area contributed by atoms with Gasteiger partial charge in [-0.05, 0) is 32.1 Å². The van der Waals surface area contributed by atoms with Crippen LogP contribution >= 0.6 is 35.3 Å². The number of hydrogen-bond acceptors (Lipinski definition) is 3. The monoisotopic (exact) mass is 438 g/mol. The molecule has 0 aliphatic rings. The zero-order valence-corrected chi connectivity index (χ0v) is 17.5. The predicted molar refractivity (Wildman–Crippen MR) is 109 cm³/mol. The molecule has 22 heavy (non-hydrogen) atoms. The first-order valence-electron chi connectivity index (χ1n) is 8.11. The van der Waals surface area contributed by atoms with E-state index in [0.29, 0.717) is 0 Å². The minimum atomic E-state index is 0. The van der Waals surface area contributed by atoms with Gasteiger partial charge in [0.05, 0.1) is 10.7 Å². The minimum Gasteiger partial charge on any atom is -0.357 e. The fraction of sp³-hybridized carbons (Fsp3) is 0.750. The smallest absolute Gasteiger partial charge is 0.191 e. The number of thiazole rings is 1. The number of nitrogens with one attached hydrogen (secondary N) is 2. The van der Waals surface area contributed by atoms with Crippen molar-refractivity contribution in [3.8, 4) is 0 Å². The summed E-state index contributed by atoms with van der Waals surface area (Å²) in [7, 11) is 0. The van der Waals surface area contributed by atoms with E-state index >= 15 is 0 Å². The molecule has 0 radical (unpaired) electrons. The average molecular weight is 438 g/mol. The summed E-state index contributed by atoms with van der Waals surface area (Å²) < 4.78 is 0. The second kappa shape index (κ2) is 13.1. The molecule has 0 aliphatic heterocycles. The Labute approximate surface area is 156 Å². The first kappa shape index (κ1) is 21.6. The second-order valence-corrected chi connectivity index (χ2v) is 6.50. The van der Waals surface area contributed by atoms with Crippen LogP contribution in [0.25, 0.3) is 0 Å². The van der Waals surface area contributed by atoms with Gasteiger partial charge in [0.25, 0.3) is 0 Å². The van der Waals surface area contributed by atoms with Crippen LogP contribution in [0, 0.1) is 5.92 Å². The number of nitrogens with zero attached hydrogens (tertiary/aromatic N) is 2. The molecule has 1 heterocycles. The molecular weight excluding hydrogens is 407 g/mol. The van der Waals surface area contributed by atoms with E-state index in [0.717, 1.165) is 50.8 Å². The Morgan fingerprint density at radius 2 is 2.09 bits per heavy atom. The highest BCUT2D eigenvalue weighted by Gasteiger charge is 2.02. The molecule has 2 N–H and O–H groups in total. The van der Waals surface area contributed by atoms with Gasteiger partial charge in [0.15, 0.2) is 5.96 Å². The van der Waals surface area contributed by atoms with E-state index < -0.39 is 0 Å². The van der Waals surface area contributed by atoms with Crippen LogP contribution in [0.2, 0.25) is 0 Å². The number of halogens is 1. The van der Waals surface area contributed by atoms with Crippen LogP contribution in [0.5, 0.6) is 0 Å². The van der Waals surface area contributed by atoms with Crippen molar-refractivity contribution in [1.29, 1.82) is 0 Å². The summed E-state index contributed by atoms with van der Waals surface area (Å²) >= 11 is 1.75. The molecule has 0 bridgehead atoms. The highest BCUT2D eigenvalue weighted by Crippen LogP contribution is 2.10. The van der Waals surface area contributed by atoms with E-state index in [1.54, 1.807) is 11.3 Å². The van der Waals surface area contributed by atoms with Crippen LogP contribution in [-0.2, 0) is 12.8 Å². The van der Waals surface area contributed by atoms with Crippen molar-refractivity contribution in [2.24, 2.45) is 10.9 Å². The van der Waals surface area contributed by atoms with Crippen molar-refractivity contribution in [1.82, 2.24) is 15.6 Å². The first-order chi connectivity index (χ1) is 10.2. The van der Waals surface area contributed by atoms with Gasteiger partial charge >= 0.3 is 0 Å². The summed E-state index contributed by atoms with van der Waals surface area (Å²) in [4.78, 5) is 9.20. The molecule has 0 atom stereocenters. The van der Waals surface area contributed by atoms with Crippen LogP contribution in [0.15, 0.2) is 10.4 Å². The molecular formula is C16H31IN4S. The van der Waals surface area contributed by atoms with E-state index in [-0.39, 0.29) is 24.0 Å². The zero-order valence-electron chi connectivity index (χ0n) is 14.3. The fourth-order valence-electron chi connectivity index (χ4n) is 1.97. The number of aliphatic imine (C=N–C) groups is 1. The Morgan fingerprint density at radius 3 is 2.68 bits per heavy atom. The molecule has 0 saturated carbocycles. The molecule has 128 valence electrons. The SMILES string of the molecule is CCNC(=NCCCC(C)C)NCCc1csc(CC)n1.I. The van der Waals surface area contributed by atoms with Crippen LogP contribution in [0.4, 0.5) is 0 Å². The van der Waals surface area contributed by atoms with Gasteiger partial charge in [-0.3, -0.25) is 4.99 Å². The molecule has 0 spiro atoms. The molecule has 0 aromatic carbocycles. The van der Waals surface area contributed by atoms with Crippen molar-refractivity contribution < 1.29 is 0 Å². The summed E-state index contributed by atoms with van der Waals surface area (Å²) in [6, 6.07) is 0. The van der Waals surface area contributed by atoms with E-state index in [1.165, 1.54) is 17.1 Å². The summed E-state index contributed by atoms with van der Waals surface area (Å²) in [5.74, 6) is 1.68. The minimum absolute atomic E-state index is 0. The van der Waals surface area contributed by atoms with Crippen molar-refractivity contribution in [3.63, 3.8) is 0 Å². The topological polar surface area (TPSA) is 49.3 Å². The standard InChI is InChI=1S/C16H30N4S.HI/c1-5-15-20-14(12-21-15)9-11-19-16(17-6-2)18-10-7-8-13(3)4;/h12-13H,5-11H2,1-4H3,(H2,17,18,19);1H. The van der Waals surface area contributed by atoms with Gasteiger partial charge < -0.3 is 10.6 Å². The number of hydrogen-bond donors (Lipinski definition) is 2. The Hall–Kier alpha value is -0.370. The fourth-order valence-corrected chi connectivity index (χ4v) is 2.75. The maximum Gasteiger partial charge on any atom is 0.191 e. The third-order valence-corrected chi connectivity index (χ3v) is 4.17. The lowest BCUT2D eigenvalue weighted by Crippen LogP contribution is -2.38. The number of guanidine groups is 1. The van der Waals surface area contributed by atoms with Crippen molar-refractivity contribution >= 4 is 41.3 Å². The van der Waals surface area contributed by atoms with Crippen LogP contribution in [-0.4, -0.2) is 30.6 Å². The molecule has 6 heteroatoms. The van der Waals surface area contributed by atoms with Crippen molar-refractivity contribution in [3.05, 3.63) is 16.1 Å². The van der Waals surface area contributed by atoms with Gasteiger partial charge in [-0.25, -0.2) is 4.98 Å². The van der Waals surface area contributed by atoms with Crippen LogP contribution < -0.4 is 10.6 Å². The molecule has 0 fully saturated rings. The van der Waals surface area contributed by atoms with E-state index in [9.17, 15) is 0 Å². The average Bonchev–Trinajstić information content (AvgIpc) is 2.91. The van der Waals surface area contributed by atoms with Crippen LogP contribution in [0.1, 0.15) is 51.2 Å². The Morgan fingerprint density at radius 1 is 1.32 bits per heavy atom. The first-order valence-corrected chi connectivity index (χ1v) is 8.99. The van der Waals surface area contributed by atoms with Crippen molar-refractivity contribution in [2.45, 2.75) is 53.4 Å². The zero-order chi connectivity index (χ0) is 15.5. The lowest BCUT2D eigenvalue weighted by atomic mass is 10.1. The predicted octanol–water partition coefficient (Wildman–Crippen LogP) is 3.86. The Kier molecular flexibility index (Phi) is 12.9. The summed E-state index contributed by atoms with van der Waals surface area (Å²) in [5.41, 5.74) is 1.18. The maximum absolute atomic E-state index is 4.61. The second-order valence-electron chi connectivity index (χ2n) is 5.56. The molecule has 0 amide bonds. The largest absolute Gasteiger partial charge is 0.357 e. The van der Waals surface area contributed by atoms with Gasteiger partial charge in [0.2, 0.25) is 0 Å². The molecule has 1 aromatic rings.